The highest BCUT2D eigenvalue weighted by atomic mass is 32.2. The van der Waals surface area contributed by atoms with Gasteiger partial charge in [0, 0.05) is 26.2 Å². The highest BCUT2D eigenvalue weighted by Gasteiger charge is 2.29. The fourth-order valence-corrected chi connectivity index (χ4v) is 6.61. The van der Waals surface area contributed by atoms with Crippen molar-refractivity contribution in [1.82, 2.24) is 14.2 Å². The number of hydrogen-bond acceptors (Lipinski definition) is 6. The molecule has 7 nitrogen and oxygen atoms in total. The molecule has 1 atom stereocenters. The highest BCUT2D eigenvalue weighted by Crippen LogP contribution is 2.38. The van der Waals surface area contributed by atoms with Gasteiger partial charge >= 0.3 is 0 Å². The third-order valence-electron chi connectivity index (χ3n) is 5.91. The molecule has 4 rings (SSSR count). The number of likely N-dealkylation sites (N-methyl/N-ethyl adjacent to an activating group) is 1. The van der Waals surface area contributed by atoms with Crippen LogP contribution in [0.25, 0.3) is 11.1 Å². The van der Waals surface area contributed by atoms with E-state index in [9.17, 15) is 13.2 Å². The number of carbonyl (C=O) groups is 1. The fraction of sp³-hybridized carbons (Fsp3) is 0.417. The van der Waals surface area contributed by atoms with Crippen LogP contribution in [0.5, 0.6) is 0 Å². The molecule has 3 aromatic rings. The number of piperidine rings is 1. The number of oxazole rings is 1. The second kappa shape index (κ2) is 10.3. The van der Waals surface area contributed by atoms with E-state index in [0.29, 0.717) is 42.5 Å². The van der Waals surface area contributed by atoms with Crippen LogP contribution in [0.15, 0.2) is 63.1 Å². The number of fused-ring (bicyclic) bond motifs is 1. The van der Waals surface area contributed by atoms with Gasteiger partial charge in [-0.05, 0) is 62.2 Å². The van der Waals surface area contributed by atoms with E-state index in [0.717, 1.165) is 24.8 Å². The van der Waals surface area contributed by atoms with Gasteiger partial charge in [0.05, 0.1) is 4.90 Å². The van der Waals surface area contributed by atoms with Gasteiger partial charge in [0.15, 0.2) is 5.58 Å². The van der Waals surface area contributed by atoms with Crippen LogP contribution in [0.4, 0.5) is 0 Å². The van der Waals surface area contributed by atoms with Crippen LogP contribution < -0.4 is 0 Å². The number of nitrogens with zero attached hydrogens (tertiary/aromatic N) is 3. The lowest BCUT2D eigenvalue weighted by Crippen LogP contribution is -2.35. The molecule has 0 spiro atoms. The molecular formula is C24H29N3O4S2. The molecule has 1 fully saturated rings. The third-order valence-corrected chi connectivity index (χ3v) is 8.89. The molecule has 33 heavy (non-hydrogen) atoms. The van der Waals surface area contributed by atoms with E-state index >= 15 is 0 Å². The summed E-state index contributed by atoms with van der Waals surface area (Å²) in [5, 5.41) is -0.164. The molecule has 1 saturated heterocycles. The van der Waals surface area contributed by atoms with E-state index in [1.807, 2.05) is 44.2 Å². The Morgan fingerprint density at radius 1 is 1.09 bits per heavy atom. The van der Waals surface area contributed by atoms with E-state index in [1.54, 1.807) is 27.4 Å². The molecule has 9 heteroatoms. The lowest BCUT2D eigenvalue weighted by Gasteiger charge is -2.25. The average molecular weight is 488 g/mol. The minimum atomic E-state index is -3.56. The number of rotatable bonds is 8. The second-order valence-corrected chi connectivity index (χ2v) is 11.0. The summed E-state index contributed by atoms with van der Waals surface area (Å²) in [5.41, 5.74) is 1.84. The second-order valence-electron chi connectivity index (χ2n) is 7.99. The van der Waals surface area contributed by atoms with Gasteiger partial charge in [-0.25, -0.2) is 13.4 Å². The van der Waals surface area contributed by atoms with Crippen LogP contribution in [0.2, 0.25) is 0 Å². The Labute approximate surface area is 199 Å². The first-order chi connectivity index (χ1) is 15.9. The normalized spacial score (nSPS) is 16.1. The van der Waals surface area contributed by atoms with Crippen molar-refractivity contribution < 1.29 is 17.6 Å². The Hall–Kier alpha value is -2.36. The predicted molar refractivity (Wildman–Crippen MR) is 130 cm³/mol. The standard InChI is InChI=1S/C24H29N3O4S2/c1-3-26(4-2)23(28)22(18-11-7-5-8-12-18)32-24-25-20-17-19(13-14-21(20)31-24)33(29,30)27-15-9-6-10-16-27/h5,7-8,11-14,17,22H,3-4,6,9-10,15-16H2,1-2H3. The minimum Gasteiger partial charge on any atom is -0.431 e. The molecule has 2 heterocycles. The molecule has 0 N–H and O–H groups in total. The third kappa shape index (κ3) is 5.10. The lowest BCUT2D eigenvalue weighted by atomic mass is 10.1. The van der Waals surface area contributed by atoms with E-state index in [4.69, 9.17) is 4.42 Å². The van der Waals surface area contributed by atoms with Gasteiger partial charge in [-0.15, -0.1) is 0 Å². The summed E-state index contributed by atoms with van der Waals surface area (Å²) in [6, 6.07) is 14.3. The lowest BCUT2D eigenvalue weighted by molar-refractivity contribution is -0.130. The summed E-state index contributed by atoms with van der Waals surface area (Å²) < 4.78 is 33.5. The smallest absolute Gasteiger partial charge is 0.257 e. The first kappa shape index (κ1) is 23.8. The van der Waals surface area contributed by atoms with Crippen LogP contribution in [0.3, 0.4) is 0 Å². The number of hydrogen-bond donors (Lipinski definition) is 0. The molecular weight excluding hydrogens is 458 g/mol. The molecule has 1 amide bonds. The van der Waals surface area contributed by atoms with Gasteiger partial charge in [-0.1, -0.05) is 36.8 Å². The van der Waals surface area contributed by atoms with Gasteiger partial charge in [0.2, 0.25) is 15.9 Å². The van der Waals surface area contributed by atoms with Crippen LogP contribution in [0.1, 0.15) is 43.9 Å². The number of thioether (sulfide) groups is 1. The number of amides is 1. The molecule has 2 aromatic carbocycles. The molecule has 0 bridgehead atoms. The van der Waals surface area contributed by atoms with Crippen molar-refractivity contribution >= 4 is 38.8 Å². The molecule has 1 aliphatic heterocycles. The van der Waals surface area contributed by atoms with Crippen LogP contribution >= 0.6 is 11.8 Å². The maximum absolute atomic E-state index is 13.2. The number of carbonyl (C=O) groups excluding carboxylic acids is 1. The Bertz CT molecular complexity index is 1200. The first-order valence-electron chi connectivity index (χ1n) is 11.3. The van der Waals surface area contributed by atoms with Crippen molar-refractivity contribution in [2.24, 2.45) is 0 Å². The zero-order valence-corrected chi connectivity index (χ0v) is 20.6. The van der Waals surface area contributed by atoms with Crippen LogP contribution in [0, 0.1) is 0 Å². The maximum Gasteiger partial charge on any atom is 0.257 e. The van der Waals surface area contributed by atoms with Gasteiger partial charge < -0.3 is 9.32 Å². The number of sulfonamides is 1. The topological polar surface area (TPSA) is 83.7 Å². The molecule has 1 unspecified atom stereocenters. The van der Waals surface area contributed by atoms with Gasteiger partial charge in [-0.2, -0.15) is 4.31 Å². The summed E-state index contributed by atoms with van der Waals surface area (Å²) >= 11 is 1.25. The van der Waals surface area contributed by atoms with Gasteiger partial charge in [-0.3, -0.25) is 4.79 Å². The summed E-state index contributed by atoms with van der Waals surface area (Å²) in [5.74, 6) is -0.00757. The molecule has 1 aliphatic rings. The maximum atomic E-state index is 13.2. The van der Waals surface area contributed by atoms with Crippen molar-refractivity contribution in [3.05, 3.63) is 54.1 Å². The summed E-state index contributed by atoms with van der Waals surface area (Å²) in [4.78, 5) is 19.8. The minimum absolute atomic E-state index is 0.00757. The number of benzene rings is 2. The Balaban J connectivity index is 1.64. The Morgan fingerprint density at radius 2 is 1.79 bits per heavy atom. The Kier molecular flexibility index (Phi) is 7.41. The van der Waals surface area contributed by atoms with Crippen LogP contribution in [-0.4, -0.2) is 54.7 Å². The molecule has 0 radical (unpaired) electrons. The van der Waals surface area contributed by atoms with Crippen molar-refractivity contribution in [3.8, 4) is 0 Å². The van der Waals surface area contributed by atoms with Gasteiger partial charge in [0.25, 0.3) is 5.22 Å². The monoisotopic (exact) mass is 487 g/mol. The number of aromatic nitrogens is 1. The SMILES string of the molecule is CCN(CC)C(=O)C(Sc1nc2cc(S(=O)(=O)N3CCCCC3)ccc2o1)c1ccccc1. The van der Waals surface area contributed by atoms with Crippen molar-refractivity contribution in [2.75, 3.05) is 26.2 Å². The summed E-state index contributed by atoms with van der Waals surface area (Å²) in [6.07, 6.45) is 2.82. The predicted octanol–water partition coefficient (Wildman–Crippen LogP) is 4.70. The zero-order chi connectivity index (χ0) is 23.4. The van der Waals surface area contributed by atoms with E-state index in [-0.39, 0.29) is 10.8 Å². The molecule has 0 saturated carbocycles. The van der Waals surface area contributed by atoms with E-state index in [2.05, 4.69) is 4.98 Å². The largest absolute Gasteiger partial charge is 0.431 e. The van der Waals surface area contributed by atoms with Crippen molar-refractivity contribution in [1.29, 1.82) is 0 Å². The van der Waals surface area contributed by atoms with Gasteiger partial charge in [0.1, 0.15) is 10.8 Å². The Morgan fingerprint density at radius 3 is 2.45 bits per heavy atom. The van der Waals surface area contributed by atoms with E-state index < -0.39 is 15.3 Å². The van der Waals surface area contributed by atoms with E-state index in [1.165, 1.54) is 11.8 Å². The highest BCUT2D eigenvalue weighted by molar-refractivity contribution is 8.00. The van der Waals surface area contributed by atoms with Crippen LogP contribution in [-0.2, 0) is 14.8 Å². The molecule has 176 valence electrons. The fourth-order valence-electron chi connectivity index (χ4n) is 4.04. The molecule has 1 aromatic heterocycles. The first-order valence-corrected chi connectivity index (χ1v) is 13.7. The van der Waals surface area contributed by atoms with Crippen molar-refractivity contribution in [2.45, 2.75) is 48.5 Å². The summed E-state index contributed by atoms with van der Waals surface area (Å²) in [7, 11) is -3.56. The zero-order valence-electron chi connectivity index (χ0n) is 18.9. The van der Waals surface area contributed by atoms with Crippen molar-refractivity contribution in [3.63, 3.8) is 0 Å². The quantitative estimate of drug-likeness (QED) is 0.428. The summed E-state index contributed by atoms with van der Waals surface area (Å²) in [6.45, 7) is 6.24. The average Bonchev–Trinajstić information content (AvgIpc) is 3.26. The molecule has 0 aliphatic carbocycles.